The van der Waals surface area contributed by atoms with Crippen LogP contribution in [0.1, 0.15) is 18.4 Å². The van der Waals surface area contributed by atoms with Gasteiger partial charge in [-0.15, -0.1) is 0 Å². The van der Waals surface area contributed by atoms with Gasteiger partial charge in [-0.2, -0.15) is 0 Å². The number of ether oxygens (including phenoxy) is 2. The fourth-order valence-corrected chi connectivity index (χ4v) is 1.20. The Morgan fingerprint density at radius 1 is 1.00 bits per heavy atom. The molecule has 84 valence electrons. The lowest BCUT2D eigenvalue weighted by molar-refractivity contribution is -0.0621. The number of unbranched alkanes of at least 4 members (excludes halogenated alkanes) is 1. The van der Waals surface area contributed by atoms with Crippen LogP contribution in [0.3, 0.4) is 0 Å². The molecule has 0 aromatic heterocycles. The third-order valence-electron chi connectivity index (χ3n) is 2.02. The summed E-state index contributed by atoms with van der Waals surface area (Å²) in [5.41, 5.74) is 6.53. The van der Waals surface area contributed by atoms with Gasteiger partial charge in [-0.3, -0.25) is 0 Å². The van der Waals surface area contributed by atoms with Crippen LogP contribution in [-0.4, -0.2) is 19.9 Å². The number of hydrogen-bond donors (Lipinski definition) is 1. The van der Waals surface area contributed by atoms with E-state index >= 15 is 0 Å². The Morgan fingerprint density at radius 2 is 1.80 bits per heavy atom. The van der Waals surface area contributed by atoms with Gasteiger partial charge in [-0.1, -0.05) is 30.3 Å². The molecule has 3 nitrogen and oxygen atoms in total. The molecule has 0 saturated carbocycles. The lowest BCUT2D eigenvalue weighted by Crippen LogP contribution is -2.04. The van der Waals surface area contributed by atoms with Gasteiger partial charge in [0.1, 0.15) is 6.79 Å². The first-order chi connectivity index (χ1) is 7.43. The first-order valence-electron chi connectivity index (χ1n) is 5.33. The zero-order valence-electron chi connectivity index (χ0n) is 9.02. The van der Waals surface area contributed by atoms with Crippen molar-refractivity contribution in [1.29, 1.82) is 0 Å². The van der Waals surface area contributed by atoms with Crippen LogP contribution in [0.4, 0.5) is 0 Å². The van der Waals surface area contributed by atoms with E-state index in [0.29, 0.717) is 13.4 Å². The monoisotopic (exact) mass is 209 g/mol. The summed E-state index contributed by atoms with van der Waals surface area (Å²) in [6, 6.07) is 10.1. The van der Waals surface area contributed by atoms with Crippen LogP contribution >= 0.6 is 0 Å². The predicted octanol–water partition coefficient (Wildman–Crippen LogP) is 1.92. The first-order valence-corrected chi connectivity index (χ1v) is 5.33. The molecule has 0 heterocycles. The predicted molar refractivity (Wildman–Crippen MR) is 60.3 cm³/mol. The highest BCUT2D eigenvalue weighted by Crippen LogP contribution is 2.00. The highest BCUT2D eigenvalue weighted by Gasteiger charge is 1.91. The Morgan fingerprint density at radius 3 is 2.53 bits per heavy atom. The molecular formula is C12H19NO2. The van der Waals surface area contributed by atoms with E-state index in [1.165, 1.54) is 5.56 Å². The summed E-state index contributed by atoms with van der Waals surface area (Å²) >= 11 is 0. The molecule has 0 amide bonds. The molecule has 0 aliphatic rings. The summed E-state index contributed by atoms with van der Waals surface area (Å²) in [5, 5.41) is 0. The topological polar surface area (TPSA) is 44.5 Å². The molecular weight excluding hydrogens is 190 g/mol. The van der Waals surface area contributed by atoms with Crippen molar-refractivity contribution in [3.63, 3.8) is 0 Å². The Labute approximate surface area is 91.2 Å². The van der Waals surface area contributed by atoms with Gasteiger partial charge in [0.05, 0.1) is 6.61 Å². The lowest BCUT2D eigenvalue weighted by Gasteiger charge is -2.05. The Kier molecular flexibility index (Phi) is 6.83. The Balaban J connectivity index is 1.93. The number of benzene rings is 1. The molecule has 0 aliphatic carbocycles. The Bertz CT molecular complexity index is 239. The maximum absolute atomic E-state index is 5.36. The third-order valence-corrected chi connectivity index (χ3v) is 2.02. The largest absolute Gasteiger partial charge is 0.355 e. The fourth-order valence-electron chi connectivity index (χ4n) is 1.20. The standard InChI is InChI=1S/C12H19NO2/c13-8-4-5-9-14-11-15-10-12-6-2-1-3-7-12/h1-3,6-7H,4-5,8-11,13H2. The molecule has 15 heavy (non-hydrogen) atoms. The molecule has 0 aliphatic heterocycles. The molecule has 1 aromatic rings. The fraction of sp³-hybridized carbons (Fsp3) is 0.500. The van der Waals surface area contributed by atoms with Gasteiger partial charge in [0.2, 0.25) is 0 Å². The molecule has 3 heteroatoms. The molecule has 0 saturated heterocycles. The van der Waals surface area contributed by atoms with Crippen LogP contribution in [0.5, 0.6) is 0 Å². The highest BCUT2D eigenvalue weighted by molar-refractivity contribution is 5.13. The van der Waals surface area contributed by atoms with E-state index in [-0.39, 0.29) is 0 Å². The summed E-state index contributed by atoms with van der Waals surface area (Å²) in [7, 11) is 0. The van der Waals surface area contributed by atoms with E-state index in [9.17, 15) is 0 Å². The van der Waals surface area contributed by atoms with Crippen LogP contribution in [-0.2, 0) is 16.1 Å². The summed E-state index contributed by atoms with van der Waals surface area (Å²) in [5.74, 6) is 0. The number of hydrogen-bond acceptors (Lipinski definition) is 3. The van der Waals surface area contributed by atoms with Crippen molar-refractivity contribution in [2.45, 2.75) is 19.4 Å². The maximum Gasteiger partial charge on any atom is 0.147 e. The maximum atomic E-state index is 5.36. The van der Waals surface area contributed by atoms with E-state index in [0.717, 1.165) is 26.0 Å². The van der Waals surface area contributed by atoms with Crippen LogP contribution in [0, 0.1) is 0 Å². The summed E-state index contributed by atoms with van der Waals surface area (Å²) in [6.07, 6.45) is 2.02. The molecule has 0 fully saturated rings. The summed E-state index contributed by atoms with van der Waals surface area (Å²) in [4.78, 5) is 0. The minimum Gasteiger partial charge on any atom is -0.355 e. The minimum absolute atomic E-state index is 0.361. The lowest BCUT2D eigenvalue weighted by atomic mass is 10.2. The zero-order valence-corrected chi connectivity index (χ0v) is 9.02. The van der Waals surface area contributed by atoms with Crippen molar-refractivity contribution >= 4 is 0 Å². The van der Waals surface area contributed by atoms with Crippen LogP contribution in [0.2, 0.25) is 0 Å². The molecule has 2 N–H and O–H groups in total. The van der Waals surface area contributed by atoms with E-state index in [2.05, 4.69) is 0 Å². The molecule has 0 bridgehead atoms. The van der Waals surface area contributed by atoms with Gasteiger partial charge < -0.3 is 15.2 Å². The average molecular weight is 209 g/mol. The van der Waals surface area contributed by atoms with Crippen LogP contribution in [0.15, 0.2) is 30.3 Å². The van der Waals surface area contributed by atoms with Gasteiger partial charge in [-0.05, 0) is 24.9 Å². The highest BCUT2D eigenvalue weighted by atomic mass is 16.7. The smallest absolute Gasteiger partial charge is 0.147 e. The SMILES string of the molecule is NCCCCOCOCc1ccccc1. The van der Waals surface area contributed by atoms with E-state index < -0.39 is 0 Å². The van der Waals surface area contributed by atoms with Crippen molar-refractivity contribution in [3.05, 3.63) is 35.9 Å². The second-order valence-electron chi connectivity index (χ2n) is 3.36. The second-order valence-corrected chi connectivity index (χ2v) is 3.36. The zero-order chi connectivity index (χ0) is 10.8. The second kappa shape index (κ2) is 8.41. The van der Waals surface area contributed by atoms with Gasteiger partial charge in [0.15, 0.2) is 0 Å². The van der Waals surface area contributed by atoms with Crippen LogP contribution in [0.25, 0.3) is 0 Å². The van der Waals surface area contributed by atoms with Crippen molar-refractivity contribution in [2.75, 3.05) is 19.9 Å². The average Bonchev–Trinajstić information content (AvgIpc) is 2.29. The molecule has 1 aromatic carbocycles. The molecule has 0 unspecified atom stereocenters. The summed E-state index contributed by atoms with van der Waals surface area (Å²) < 4.78 is 10.6. The van der Waals surface area contributed by atoms with Gasteiger partial charge in [0, 0.05) is 6.61 Å². The van der Waals surface area contributed by atoms with Crippen LogP contribution < -0.4 is 5.73 Å². The summed E-state index contributed by atoms with van der Waals surface area (Å²) in [6.45, 7) is 2.43. The number of rotatable bonds is 8. The minimum atomic E-state index is 0.361. The normalized spacial score (nSPS) is 10.5. The third kappa shape index (κ3) is 6.23. The molecule has 1 rings (SSSR count). The van der Waals surface area contributed by atoms with Crippen molar-refractivity contribution in [2.24, 2.45) is 5.73 Å². The van der Waals surface area contributed by atoms with Crippen molar-refractivity contribution < 1.29 is 9.47 Å². The Hall–Kier alpha value is -0.900. The van der Waals surface area contributed by atoms with E-state index in [1.807, 2.05) is 30.3 Å². The quantitative estimate of drug-likeness (QED) is 0.525. The van der Waals surface area contributed by atoms with Crippen molar-refractivity contribution in [3.8, 4) is 0 Å². The first kappa shape index (κ1) is 12.2. The number of nitrogens with two attached hydrogens (primary N) is 1. The molecule has 0 radical (unpaired) electrons. The van der Waals surface area contributed by atoms with E-state index in [1.54, 1.807) is 0 Å². The van der Waals surface area contributed by atoms with Gasteiger partial charge >= 0.3 is 0 Å². The van der Waals surface area contributed by atoms with Gasteiger partial charge in [-0.25, -0.2) is 0 Å². The van der Waals surface area contributed by atoms with Crippen molar-refractivity contribution in [1.82, 2.24) is 0 Å². The molecule has 0 spiro atoms. The molecule has 0 atom stereocenters. The van der Waals surface area contributed by atoms with E-state index in [4.69, 9.17) is 15.2 Å². The van der Waals surface area contributed by atoms with Gasteiger partial charge in [0.25, 0.3) is 0 Å².